The molecule has 1 N–H and O–H groups in total. The number of aromatic nitrogens is 3. The minimum Gasteiger partial charge on any atom is -0.338 e. The Bertz CT molecular complexity index is 584. The number of hydrogen-bond donors (Lipinski definition) is 1. The van der Waals surface area contributed by atoms with E-state index >= 15 is 0 Å². The molecule has 20 heavy (non-hydrogen) atoms. The molecule has 0 aliphatic rings. The summed E-state index contributed by atoms with van der Waals surface area (Å²) in [7, 11) is 0. The van der Waals surface area contributed by atoms with Crippen LogP contribution >= 0.6 is 11.6 Å². The van der Waals surface area contributed by atoms with Crippen molar-refractivity contribution in [3.8, 4) is 5.69 Å². The number of nitrogens with one attached hydrogen (secondary N) is 1. The first-order valence-electron chi connectivity index (χ1n) is 6.38. The fourth-order valence-electron chi connectivity index (χ4n) is 1.82. The molecule has 2 aromatic heterocycles. The Kier molecular flexibility index (Phi) is 4.57. The number of urea groups is 1. The van der Waals surface area contributed by atoms with Gasteiger partial charge in [-0.3, -0.25) is 9.88 Å². The zero-order chi connectivity index (χ0) is 14.5. The number of rotatable bonds is 4. The highest BCUT2D eigenvalue weighted by Gasteiger charge is 2.19. The highest BCUT2D eigenvalue weighted by Crippen LogP contribution is 2.25. The Morgan fingerprint density at radius 1 is 1.50 bits per heavy atom. The maximum Gasteiger partial charge on any atom is 0.321 e. The van der Waals surface area contributed by atoms with Gasteiger partial charge >= 0.3 is 6.03 Å². The first-order chi connectivity index (χ1) is 9.67. The molecule has 0 aromatic carbocycles. The second-order valence-corrected chi connectivity index (χ2v) is 4.40. The summed E-state index contributed by atoms with van der Waals surface area (Å²) in [5.41, 5.74) is 1.36. The lowest BCUT2D eigenvalue weighted by molar-refractivity contribution is 0.247. The number of amides is 2. The molecule has 0 unspecified atom stereocenters. The fraction of sp³-hybridized carbons (Fsp3) is 0.308. The summed E-state index contributed by atoms with van der Waals surface area (Å²) in [6.45, 7) is 4.81. The van der Waals surface area contributed by atoms with Crippen LogP contribution in [0.5, 0.6) is 0 Å². The summed E-state index contributed by atoms with van der Waals surface area (Å²) >= 11 is 6.14. The van der Waals surface area contributed by atoms with E-state index in [0.717, 1.165) is 5.69 Å². The summed E-state index contributed by atoms with van der Waals surface area (Å²) in [6, 6.07) is 3.48. The smallest absolute Gasteiger partial charge is 0.321 e. The van der Waals surface area contributed by atoms with Gasteiger partial charge in [-0.05, 0) is 26.0 Å². The van der Waals surface area contributed by atoms with Crippen LogP contribution in [0, 0.1) is 0 Å². The van der Waals surface area contributed by atoms with Gasteiger partial charge in [0, 0.05) is 19.3 Å². The molecule has 0 saturated carbocycles. The highest BCUT2D eigenvalue weighted by molar-refractivity contribution is 6.32. The number of hydrogen-bond acceptors (Lipinski definition) is 3. The molecule has 0 aliphatic carbocycles. The summed E-state index contributed by atoms with van der Waals surface area (Å²) in [4.78, 5) is 17.6. The van der Waals surface area contributed by atoms with Crippen molar-refractivity contribution in [1.29, 1.82) is 0 Å². The van der Waals surface area contributed by atoms with Crippen LogP contribution in [-0.2, 0) is 0 Å². The van der Waals surface area contributed by atoms with Crippen molar-refractivity contribution in [2.45, 2.75) is 13.8 Å². The third-order valence-electron chi connectivity index (χ3n) is 2.74. The molecule has 2 rings (SSSR count). The van der Waals surface area contributed by atoms with Crippen LogP contribution in [0.25, 0.3) is 5.69 Å². The van der Waals surface area contributed by atoms with Crippen molar-refractivity contribution in [2.75, 3.05) is 18.0 Å². The molecule has 6 nitrogen and oxygen atoms in total. The van der Waals surface area contributed by atoms with E-state index in [4.69, 9.17) is 11.6 Å². The largest absolute Gasteiger partial charge is 0.338 e. The van der Waals surface area contributed by atoms with Crippen LogP contribution in [0.1, 0.15) is 13.8 Å². The number of anilines is 1. The van der Waals surface area contributed by atoms with E-state index in [1.54, 1.807) is 28.2 Å². The Morgan fingerprint density at radius 2 is 2.30 bits per heavy atom. The van der Waals surface area contributed by atoms with Crippen molar-refractivity contribution >= 4 is 23.3 Å². The average molecular weight is 294 g/mol. The van der Waals surface area contributed by atoms with Gasteiger partial charge in [-0.1, -0.05) is 11.6 Å². The SMILES string of the molecule is CCNC(=O)N(CC)c1cn(-c2cccnc2)nc1Cl. The van der Waals surface area contributed by atoms with E-state index < -0.39 is 0 Å². The van der Waals surface area contributed by atoms with Crippen LogP contribution in [0.3, 0.4) is 0 Å². The average Bonchev–Trinajstić information content (AvgIpc) is 2.83. The quantitative estimate of drug-likeness (QED) is 0.942. The second-order valence-electron chi connectivity index (χ2n) is 4.04. The zero-order valence-electron chi connectivity index (χ0n) is 11.4. The van der Waals surface area contributed by atoms with Crippen LogP contribution in [0.4, 0.5) is 10.5 Å². The highest BCUT2D eigenvalue weighted by atomic mass is 35.5. The van der Waals surface area contributed by atoms with E-state index in [9.17, 15) is 4.79 Å². The van der Waals surface area contributed by atoms with Crippen LogP contribution < -0.4 is 10.2 Å². The van der Waals surface area contributed by atoms with Gasteiger partial charge in [0.25, 0.3) is 0 Å². The van der Waals surface area contributed by atoms with Gasteiger partial charge < -0.3 is 5.32 Å². The Balaban J connectivity index is 2.33. The predicted molar refractivity (Wildman–Crippen MR) is 78.5 cm³/mol. The molecule has 0 fully saturated rings. The zero-order valence-corrected chi connectivity index (χ0v) is 12.1. The third-order valence-corrected chi connectivity index (χ3v) is 3.01. The number of pyridine rings is 1. The van der Waals surface area contributed by atoms with E-state index in [1.165, 1.54) is 0 Å². The Morgan fingerprint density at radius 3 is 2.90 bits per heavy atom. The van der Waals surface area contributed by atoms with Gasteiger partial charge in [0.2, 0.25) is 0 Å². The van der Waals surface area contributed by atoms with Crippen molar-refractivity contribution in [3.05, 3.63) is 35.9 Å². The normalized spacial score (nSPS) is 10.3. The van der Waals surface area contributed by atoms with E-state index in [0.29, 0.717) is 18.8 Å². The first kappa shape index (κ1) is 14.3. The van der Waals surface area contributed by atoms with Gasteiger partial charge in [-0.2, -0.15) is 5.10 Å². The number of carbonyl (C=O) groups is 1. The van der Waals surface area contributed by atoms with E-state index in [2.05, 4.69) is 15.4 Å². The van der Waals surface area contributed by atoms with Crippen LogP contribution in [-0.4, -0.2) is 33.9 Å². The van der Waals surface area contributed by atoms with E-state index in [1.807, 2.05) is 26.0 Å². The first-order valence-corrected chi connectivity index (χ1v) is 6.76. The van der Waals surface area contributed by atoms with E-state index in [-0.39, 0.29) is 11.2 Å². The molecular formula is C13H16ClN5O. The molecule has 0 radical (unpaired) electrons. The number of halogens is 1. The third kappa shape index (κ3) is 2.91. The summed E-state index contributed by atoms with van der Waals surface area (Å²) in [6.07, 6.45) is 5.08. The van der Waals surface area contributed by atoms with Gasteiger partial charge in [-0.25, -0.2) is 9.48 Å². The predicted octanol–water partition coefficient (Wildman–Crippen LogP) is 2.48. The second kappa shape index (κ2) is 6.38. The van der Waals surface area contributed by atoms with Crippen LogP contribution in [0.15, 0.2) is 30.7 Å². The summed E-state index contributed by atoms with van der Waals surface area (Å²) in [5, 5.41) is 7.24. The molecule has 0 atom stereocenters. The van der Waals surface area contributed by atoms with Crippen molar-refractivity contribution in [3.63, 3.8) is 0 Å². The molecular weight excluding hydrogens is 278 g/mol. The fourth-order valence-corrected chi connectivity index (χ4v) is 2.05. The Labute approximate surface area is 122 Å². The lowest BCUT2D eigenvalue weighted by atomic mass is 10.4. The van der Waals surface area contributed by atoms with Gasteiger partial charge in [-0.15, -0.1) is 0 Å². The molecule has 0 saturated heterocycles. The molecule has 0 aliphatic heterocycles. The molecule has 0 bridgehead atoms. The topological polar surface area (TPSA) is 63.1 Å². The molecule has 106 valence electrons. The number of nitrogens with zero attached hydrogens (tertiary/aromatic N) is 4. The lowest BCUT2D eigenvalue weighted by Gasteiger charge is -2.19. The summed E-state index contributed by atoms with van der Waals surface area (Å²) < 4.78 is 1.60. The maximum absolute atomic E-state index is 12.0. The number of carbonyl (C=O) groups excluding carboxylic acids is 1. The Hall–Kier alpha value is -2.08. The molecule has 2 amide bonds. The minimum absolute atomic E-state index is 0.192. The molecule has 7 heteroatoms. The minimum atomic E-state index is -0.192. The maximum atomic E-state index is 12.0. The monoisotopic (exact) mass is 293 g/mol. The van der Waals surface area contributed by atoms with Crippen molar-refractivity contribution in [1.82, 2.24) is 20.1 Å². The molecule has 2 aromatic rings. The van der Waals surface area contributed by atoms with Gasteiger partial charge in [0.05, 0.1) is 18.1 Å². The van der Waals surface area contributed by atoms with Gasteiger partial charge in [0.15, 0.2) is 5.15 Å². The molecule has 2 heterocycles. The standard InChI is InChI=1S/C13H16ClN5O/c1-3-16-13(20)18(4-2)11-9-19(17-12(11)14)10-6-5-7-15-8-10/h5-9H,3-4H2,1-2H3,(H,16,20). The van der Waals surface area contributed by atoms with Gasteiger partial charge in [0.1, 0.15) is 5.69 Å². The van der Waals surface area contributed by atoms with Crippen molar-refractivity contribution in [2.24, 2.45) is 0 Å². The molecule has 0 spiro atoms. The van der Waals surface area contributed by atoms with Crippen molar-refractivity contribution < 1.29 is 4.79 Å². The lowest BCUT2D eigenvalue weighted by Crippen LogP contribution is -2.39. The van der Waals surface area contributed by atoms with Crippen LogP contribution in [0.2, 0.25) is 5.15 Å². The summed E-state index contributed by atoms with van der Waals surface area (Å²) in [5.74, 6) is 0.